The molecule has 1 fully saturated rings. The summed E-state index contributed by atoms with van der Waals surface area (Å²) in [6, 6.07) is 12.4. The van der Waals surface area contributed by atoms with Crippen LogP contribution in [0.5, 0.6) is 0 Å². The van der Waals surface area contributed by atoms with E-state index in [4.69, 9.17) is 11.1 Å². The summed E-state index contributed by atoms with van der Waals surface area (Å²) in [5.74, 6) is 1.02. The molecule has 0 aromatic heterocycles. The quantitative estimate of drug-likeness (QED) is 0.665. The van der Waals surface area contributed by atoms with Crippen LogP contribution in [-0.4, -0.2) is 18.9 Å². The Morgan fingerprint density at radius 1 is 1.14 bits per heavy atom. The van der Waals surface area contributed by atoms with Crippen molar-refractivity contribution in [3.63, 3.8) is 0 Å². The Hall–Kier alpha value is -2.03. The molecule has 0 atom stereocenters. The molecule has 0 unspecified atom stereocenters. The van der Waals surface area contributed by atoms with Crippen LogP contribution in [0.25, 0.3) is 10.8 Å². The molecule has 1 aliphatic heterocycles. The van der Waals surface area contributed by atoms with Crippen molar-refractivity contribution in [1.82, 2.24) is 0 Å². The molecular weight excluding hydrogens is 258 g/mol. The van der Waals surface area contributed by atoms with Crippen molar-refractivity contribution in [1.29, 1.82) is 5.41 Å². The largest absolute Gasteiger partial charge is 0.384 e. The second kappa shape index (κ2) is 5.76. The van der Waals surface area contributed by atoms with Crippen LogP contribution in [0.15, 0.2) is 36.4 Å². The van der Waals surface area contributed by atoms with Crippen molar-refractivity contribution in [3.05, 3.63) is 42.0 Å². The van der Waals surface area contributed by atoms with Crippen LogP contribution in [0.2, 0.25) is 0 Å². The van der Waals surface area contributed by atoms with Crippen molar-refractivity contribution in [3.8, 4) is 0 Å². The van der Waals surface area contributed by atoms with Crippen LogP contribution >= 0.6 is 0 Å². The molecule has 110 valence electrons. The summed E-state index contributed by atoms with van der Waals surface area (Å²) in [5.41, 5.74) is 7.83. The van der Waals surface area contributed by atoms with E-state index >= 15 is 0 Å². The second-order valence-electron chi connectivity index (χ2n) is 5.93. The summed E-state index contributed by atoms with van der Waals surface area (Å²) in [6.07, 6.45) is 3.84. The van der Waals surface area contributed by atoms with E-state index in [0.29, 0.717) is 0 Å². The molecule has 2 aromatic carbocycles. The normalized spacial score (nSPS) is 16.3. The molecular formula is C18H23N3. The van der Waals surface area contributed by atoms with Gasteiger partial charge in [0.1, 0.15) is 5.84 Å². The van der Waals surface area contributed by atoms with Gasteiger partial charge in [-0.2, -0.15) is 0 Å². The van der Waals surface area contributed by atoms with Gasteiger partial charge in [-0.25, -0.2) is 0 Å². The molecule has 3 N–H and O–H groups in total. The van der Waals surface area contributed by atoms with E-state index in [1.165, 1.54) is 30.3 Å². The fraction of sp³-hybridized carbons (Fsp3) is 0.389. The lowest BCUT2D eigenvalue weighted by molar-refractivity contribution is 0.395. The van der Waals surface area contributed by atoms with Crippen molar-refractivity contribution in [2.75, 3.05) is 18.0 Å². The van der Waals surface area contributed by atoms with Crippen LogP contribution in [0.1, 0.15) is 31.7 Å². The Labute approximate surface area is 126 Å². The van der Waals surface area contributed by atoms with Gasteiger partial charge in [-0.15, -0.1) is 0 Å². The predicted octanol–water partition coefficient (Wildman–Crippen LogP) is 3.75. The first-order valence-electron chi connectivity index (χ1n) is 7.81. The minimum atomic E-state index is 0.141. The van der Waals surface area contributed by atoms with E-state index < -0.39 is 0 Å². The Balaban J connectivity index is 2.00. The lowest BCUT2D eigenvalue weighted by Gasteiger charge is -2.34. The SMILES string of the molecule is CCC1CCN(c2ccc(C(=N)N)c3ccccc23)CC1. The smallest absolute Gasteiger partial charge is 0.123 e. The average molecular weight is 281 g/mol. The predicted molar refractivity (Wildman–Crippen MR) is 90.2 cm³/mol. The molecule has 1 aliphatic rings. The highest BCUT2D eigenvalue weighted by Gasteiger charge is 2.20. The molecule has 0 radical (unpaired) electrons. The zero-order chi connectivity index (χ0) is 14.8. The topological polar surface area (TPSA) is 53.1 Å². The fourth-order valence-corrected chi connectivity index (χ4v) is 3.38. The van der Waals surface area contributed by atoms with Crippen LogP contribution in [0, 0.1) is 11.3 Å². The number of nitrogens with two attached hydrogens (primary N) is 1. The molecule has 0 saturated carbocycles. The van der Waals surface area contributed by atoms with Crippen molar-refractivity contribution < 1.29 is 0 Å². The first-order chi connectivity index (χ1) is 10.2. The van der Waals surface area contributed by atoms with Crippen molar-refractivity contribution in [2.45, 2.75) is 26.2 Å². The number of amidine groups is 1. The lowest BCUT2D eigenvalue weighted by Crippen LogP contribution is -2.33. The summed E-state index contributed by atoms with van der Waals surface area (Å²) in [6.45, 7) is 4.54. The summed E-state index contributed by atoms with van der Waals surface area (Å²) in [5, 5.41) is 10.0. The number of piperidine rings is 1. The summed E-state index contributed by atoms with van der Waals surface area (Å²) in [4.78, 5) is 2.48. The average Bonchev–Trinajstić information content (AvgIpc) is 2.54. The van der Waals surface area contributed by atoms with E-state index in [-0.39, 0.29) is 5.84 Å². The molecule has 1 heterocycles. The highest BCUT2D eigenvalue weighted by Crippen LogP contribution is 2.32. The van der Waals surface area contributed by atoms with E-state index in [1.54, 1.807) is 0 Å². The number of fused-ring (bicyclic) bond motifs is 1. The summed E-state index contributed by atoms with van der Waals surface area (Å²) >= 11 is 0. The van der Waals surface area contributed by atoms with Gasteiger partial charge in [0.25, 0.3) is 0 Å². The van der Waals surface area contributed by atoms with Gasteiger partial charge in [0.05, 0.1) is 0 Å². The Bertz CT molecular complexity index is 655. The van der Waals surface area contributed by atoms with E-state index in [2.05, 4.69) is 36.1 Å². The number of anilines is 1. The number of benzene rings is 2. The zero-order valence-electron chi connectivity index (χ0n) is 12.6. The molecule has 21 heavy (non-hydrogen) atoms. The van der Waals surface area contributed by atoms with Gasteiger partial charge in [0.2, 0.25) is 0 Å². The molecule has 2 aromatic rings. The Kier molecular flexibility index (Phi) is 3.82. The third kappa shape index (κ3) is 2.60. The lowest BCUT2D eigenvalue weighted by atomic mass is 9.93. The number of nitrogen functional groups attached to an aromatic ring is 1. The molecule has 0 amide bonds. The highest BCUT2D eigenvalue weighted by molar-refractivity contribution is 6.10. The van der Waals surface area contributed by atoms with Gasteiger partial charge in [0, 0.05) is 29.7 Å². The van der Waals surface area contributed by atoms with Gasteiger partial charge in [-0.1, -0.05) is 37.6 Å². The summed E-state index contributed by atoms with van der Waals surface area (Å²) in [7, 11) is 0. The molecule has 1 saturated heterocycles. The maximum atomic E-state index is 7.75. The van der Waals surface area contributed by atoms with Gasteiger partial charge >= 0.3 is 0 Å². The van der Waals surface area contributed by atoms with E-state index in [0.717, 1.165) is 30.0 Å². The number of hydrogen-bond acceptors (Lipinski definition) is 2. The standard InChI is InChI=1S/C18H23N3/c1-2-13-9-11-21(12-10-13)17-8-7-16(18(19)20)14-5-3-4-6-15(14)17/h3-8,13H,2,9-12H2,1H3,(H3,19,20). The fourth-order valence-electron chi connectivity index (χ4n) is 3.38. The maximum absolute atomic E-state index is 7.75. The van der Waals surface area contributed by atoms with Gasteiger partial charge in [-0.05, 0) is 36.3 Å². The molecule has 0 spiro atoms. The molecule has 3 nitrogen and oxygen atoms in total. The zero-order valence-corrected chi connectivity index (χ0v) is 12.6. The van der Waals surface area contributed by atoms with Crippen LogP contribution in [0.4, 0.5) is 5.69 Å². The monoisotopic (exact) mass is 281 g/mol. The number of rotatable bonds is 3. The third-order valence-electron chi connectivity index (χ3n) is 4.72. The minimum Gasteiger partial charge on any atom is -0.384 e. The van der Waals surface area contributed by atoms with Crippen LogP contribution in [0.3, 0.4) is 0 Å². The minimum absolute atomic E-state index is 0.141. The maximum Gasteiger partial charge on any atom is 0.123 e. The van der Waals surface area contributed by atoms with Crippen molar-refractivity contribution >= 4 is 22.3 Å². The second-order valence-corrected chi connectivity index (χ2v) is 5.93. The summed E-state index contributed by atoms with van der Waals surface area (Å²) < 4.78 is 0. The van der Waals surface area contributed by atoms with Crippen LogP contribution < -0.4 is 10.6 Å². The molecule has 0 aliphatic carbocycles. The van der Waals surface area contributed by atoms with E-state index in [9.17, 15) is 0 Å². The number of hydrogen-bond donors (Lipinski definition) is 2. The number of nitrogens with zero attached hydrogens (tertiary/aromatic N) is 1. The molecule has 3 rings (SSSR count). The first kappa shape index (κ1) is 13.9. The first-order valence-corrected chi connectivity index (χ1v) is 7.81. The van der Waals surface area contributed by atoms with Crippen molar-refractivity contribution in [2.24, 2.45) is 11.7 Å². The highest BCUT2D eigenvalue weighted by atomic mass is 15.1. The van der Waals surface area contributed by atoms with E-state index in [1.807, 2.05) is 12.1 Å². The molecule has 3 heteroatoms. The van der Waals surface area contributed by atoms with Gasteiger partial charge in [-0.3, -0.25) is 5.41 Å². The Morgan fingerprint density at radius 3 is 2.43 bits per heavy atom. The van der Waals surface area contributed by atoms with Crippen LogP contribution in [-0.2, 0) is 0 Å². The Morgan fingerprint density at radius 2 is 1.81 bits per heavy atom. The van der Waals surface area contributed by atoms with Gasteiger partial charge < -0.3 is 10.6 Å². The number of nitrogens with one attached hydrogen (secondary N) is 1. The molecule has 0 bridgehead atoms. The third-order valence-corrected chi connectivity index (χ3v) is 4.72. The van der Waals surface area contributed by atoms with Gasteiger partial charge in [0.15, 0.2) is 0 Å².